The second-order valence-corrected chi connectivity index (χ2v) is 6.18. The number of carbonyl (C=O) groups is 2. The summed E-state index contributed by atoms with van der Waals surface area (Å²) in [6.07, 6.45) is 0. The summed E-state index contributed by atoms with van der Waals surface area (Å²) in [5.74, 6) is -0.334. The van der Waals surface area contributed by atoms with Gasteiger partial charge in [-0.15, -0.1) is 0 Å². The van der Waals surface area contributed by atoms with Gasteiger partial charge in [-0.2, -0.15) is 5.10 Å². The number of carbonyl (C=O) groups excluding carboxylic acids is 2. The Morgan fingerprint density at radius 1 is 1.12 bits per heavy atom. The van der Waals surface area contributed by atoms with Crippen LogP contribution in [0, 0.1) is 6.92 Å². The number of para-hydroxylation sites is 1. The smallest absolute Gasteiger partial charge is 0.269 e. The molecular formula is C18H23N5O2. The molecule has 2 aromatic rings. The summed E-state index contributed by atoms with van der Waals surface area (Å²) in [4.78, 5) is 28.6. The van der Waals surface area contributed by atoms with Crippen molar-refractivity contribution < 1.29 is 9.59 Å². The molecular weight excluding hydrogens is 318 g/mol. The molecule has 1 N–H and O–H groups in total. The second kappa shape index (κ2) is 7.38. The van der Waals surface area contributed by atoms with Crippen LogP contribution in [0.3, 0.4) is 0 Å². The number of anilines is 1. The zero-order valence-electron chi connectivity index (χ0n) is 14.6. The van der Waals surface area contributed by atoms with E-state index in [0.717, 1.165) is 18.8 Å². The van der Waals surface area contributed by atoms with Gasteiger partial charge in [0.1, 0.15) is 5.69 Å². The maximum absolute atomic E-state index is 12.3. The van der Waals surface area contributed by atoms with Crippen LogP contribution in [0.1, 0.15) is 16.2 Å². The van der Waals surface area contributed by atoms with E-state index in [1.165, 1.54) is 10.4 Å². The number of benzene rings is 1. The monoisotopic (exact) mass is 341 g/mol. The van der Waals surface area contributed by atoms with Gasteiger partial charge < -0.3 is 15.1 Å². The van der Waals surface area contributed by atoms with Crippen LogP contribution in [0.2, 0.25) is 0 Å². The van der Waals surface area contributed by atoms with Gasteiger partial charge in [-0.05, 0) is 25.1 Å². The van der Waals surface area contributed by atoms with Crippen LogP contribution in [0.15, 0.2) is 36.4 Å². The van der Waals surface area contributed by atoms with E-state index in [1.54, 1.807) is 18.0 Å². The lowest BCUT2D eigenvalue weighted by Crippen LogP contribution is -2.51. The standard InChI is InChI=1S/C18H23N5O2/c1-14-12-16(21(2)20-14)18(25)19-13-17(24)23-10-8-22(9-11-23)15-6-4-3-5-7-15/h3-7,12H,8-11,13H2,1-2H3,(H,19,25). The fourth-order valence-corrected chi connectivity index (χ4v) is 3.03. The van der Waals surface area contributed by atoms with E-state index >= 15 is 0 Å². The fourth-order valence-electron chi connectivity index (χ4n) is 3.03. The molecule has 25 heavy (non-hydrogen) atoms. The molecule has 1 aromatic heterocycles. The lowest BCUT2D eigenvalue weighted by molar-refractivity contribution is -0.130. The molecule has 0 bridgehead atoms. The van der Waals surface area contributed by atoms with Gasteiger partial charge in [0.25, 0.3) is 5.91 Å². The maximum Gasteiger partial charge on any atom is 0.269 e. The summed E-state index contributed by atoms with van der Waals surface area (Å²) in [6, 6.07) is 11.9. The van der Waals surface area contributed by atoms with Crippen molar-refractivity contribution >= 4 is 17.5 Å². The van der Waals surface area contributed by atoms with Crippen molar-refractivity contribution in [3.8, 4) is 0 Å². The fraction of sp³-hybridized carbons (Fsp3) is 0.389. The van der Waals surface area contributed by atoms with E-state index < -0.39 is 0 Å². The minimum Gasteiger partial charge on any atom is -0.368 e. The van der Waals surface area contributed by atoms with Crippen molar-refractivity contribution in [2.75, 3.05) is 37.6 Å². The molecule has 1 aromatic carbocycles. The van der Waals surface area contributed by atoms with Crippen LogP contribution in [0.25, 0.3) is 0 Å². The Bertz CT molecular complexity index is 748. The predicted molar refractivity (Wildman–Crippen MR) is 95.5 cm³/mol. The number of rotatable bonds is 4. The highest BCUT2D eigenvalue weighted by Gasteiger charge is 2.22. The molecule has 7 heteroatoms. The van der Waals surface area contributed by atoms with Crippen LogP contribution in [0.4, 0.5) is 5.69 Å². The van der Waals surface area contributed by atoms with Crippen molar-refractivity contribution in [2.24, 2.45) is 7.05 Å². The number of aromatic nitrogens is 2. The van der Waals surface area contributed by atoms with Gasteiger partial charge in [0, 0.05) is 38.9 Å². The zero-order valence-corrected chi connectivity index (χ0v) is 14.6. The molecule has 1 aliphatic rings. The van der Waals surface area contributed by atoms with E-state index in [2.05, 4.69) is 27.4 Å². The number of hydrogen-bond acceptors (Lipinski definition) is 4. The molecule has 0 atom stereocenters. The van der Waals surface area contributed by atoms with Gasteiger partial charge in [0.05, 0.1) is 12.2 Å². The molecule has 132 valence electrons. The van der Waals surface area contributed by atoms with E-state index in [-0.39, 0.29) is 18.4 Å². The topological polar surface area (TPSA) is 70.5 Å². The summed E-state index contributed by atoms with van der Waals surface area (Å²) in [5.41, 5.74) is 2.41. The summed E-state index contributed by atoms with van der Waals surface area (Å²) in [6.45, 7) is 4.75. The highest BCUT2D eigenvalue weighted by molar-refractivity contribution is 5.95. The number of aryl methyl sites for hydroxylation is 2. The molecule has 0 spiro atoms. The molecule has 2 amide bonds. The predicted octanol–water partition coefficient (Wildman–Crippen LogP) is 0.807. The Morgan fingerprint density at radius 3 is 2.40 bits per heavy atom. The van der Waals surface area contributed by atoms with Crippen molar-refractivity contribution in [1.82, 2.24) is 20.0 Å². The average Bonchev–Trinajstić information content (AvgIpc) is 2.98. The summed E-state index contributed by atoms with van der Waals surface area (Å²) in [7, 11) is 1.71. The molecule has 0 radical (unpaired) electrons. The average molecular weight is 341 g/mol. The third-order valence-electron chi connectivity index (χ3n) is 4.39. The molecule has 1 fully saturated rings. The summed E-state index contributed by atoms with van der Waals surface area (Å²) < 4.78 is 1.52. The SMILES string of the molecule is Cc1cc(C(=O)NCC(=O)N2CCN(c3ccccc3)CC2)n(C)n1. The van der Waals surface area contributed by atoms with E-state index in [1.807, 2.05) is 25.1 Å². The minimum absolute atomic E-state index is 0.00833. The Balaban J connectivity index is 1.48. The summed E-state index contributed by atoms with van der Waals surface area (Å²) >= 11 is 0. The zero-order chi connectivity index (χ0) is 17.8. The highest BCUT2D eigenvalue weighted by atomic mass is 16.2. The number of amides is 2. The van der Waals surface area contributed by atoms with Crippen molar-refractivity contribution in [1.29, 1.82) is 0 Å². The normalized spacial score (nSPS) is 14.5. The van der Waals surface area contributed by atoms with E-state index in [9.17, 15) is 9.59 Å². The molecule has 0 aliphatic carbocycles. The van der Waals surface area contributed by atoms with E-state index in [4.69, 9.17) is 0 Å². The van der Waals surface area contributed by atoms with Crippen LogP contribution >= 0.6 is 0 Å². The quantitative estimate of drug-likeness (QED) is 0.893. The molecule has 0 saturated carbocycles. The van der Waals surface area contributed by atoms with Gasteiger partial charge in [0.2, 0.25) is 5.91 Å². The van der Waals surface area contributed by atoms with Crippen LogP contribution in [-0.2, 0) is 11.8 Å². The first-order valence-electron chi connectivity index (χ1n) is 8.41. The Kier molecular flexibility index (Phi) is 5.02. The molecule has 7 nitrogen and oxygen atoms in total. The Morgan fingerprint density at radius 2 is 1.80 bits per heavy atom. The Labute approximate surface area is 147 Å². The van der Waals surface area contributed by atoms with Crippen molar-refractivity contribution in [2.45, 2.75) is 6.92 Å². The first-order valence-corrected chi connectivity index (χ1v) is 8.41. The number of piperazine rings is 1. The van der Waals surface area contributed by atoms with Gasteiger partial charge in [0.15, 0.2) is 0 Å². The van der Waals surface area contributed by atoms with Crippen LogP contribution < -0.4 is 10.2 Å². The minimum atomic E-state index is -0.278. The summed E-state index contributed by atoms with van der Waals surface area (Å²) in [5, 5.41) is 6.83. The van der Waals surface area contributed by atoms with Crippen LogP contribution in [0.5, 0.6) is 0 Å². The largest absolute Gasteiger partial charge is 0.368 e. The lowest BCUT2D eigenvalue weighted by atomic mass is 10.2. The third kappa shape index (κ3) is 3.99. The van der Waals surface area contributed by atoms with E-state index in [0.29, 0.717) is 18.8 Å². The highest BCUT2D eigenvalue weighted by Crippen LogP contribution is 2.15. The van der Waals surface area contributed by atoms with Gasteiger partial charge in [-0.25, -0.2) is 0 Å². The molecule has 1 saturated heterocycles. The molecule has 3 rings (SSSR count). The molecule has 0 unspecified atom stereocenters. The van der Waals surface area contributed by atoms with Gasteiger partial charge >= 0.3 is 0 Å². The Hall–Kier alpha value is -2.83. The molecule has 2 heterocycles. The number of nitrogens with one attached hydrogen (secondary N) is 1. The lowest BCUT2D eigenvalue weighted by Gasteiger charge is -2.36. The number of nitrogens with zero attached hydrogens (tertiary/aromatic N) is 4. The first kappa shape index (κ1) is 17.0. The van der Waals surface area contributed by atoms with Gasteiger partial charge in [-0.3, -0.25) is 14.3 Å². The van der Waals surface area contributed by atoms with Crippen molar-refractivity contribution in [3.05, 3.63) is 47.8 Å². The first-order chi connectivity index (χ1) is 12.0. The third-order valence-corrected chi connectivity index (χ3v) is 4.39. The van der Waals surface area contributed by atoms with Gasteiger partial charge in [-0.1, -0.05) is 18.2 Å². The second-order valence-electron chi connectivity index (χ2n) is 6.18. The maximum atomic E-state index is 12.3. The van der Waals surface area contributed by atoms with Crippen molar-refractivity contribution in [3.63, 3.8) is 0 Å². The molecule has 1 aliphatic heterocycles. The van der Waals surface area contributed by atoms with Crippen LogP contribution in [-0.4, -0.2) is 59.2 Å². The number of hydrogen-bond donors (Lipinski definition) is 1.